The zero-order chi connectivity index (χ0) is 34.8. The number of likely N-dealkylation sites (tertiary alicyclic amines) is 1. The van der Waals surface area contributed by atoms with E-state index in [1.54, 1.807) is 54.4 Å². The topological polar surface area (TPSA) is 171 Å². The molecule has 4 aromatic rings. The third kappa shape index (κ3) is 5.30. The summed E-state index contributed by atoms with van der Waals surface area (Å²) in [5, 5.41) is 25.5. The van der Waals surface area contributed by atoms with Crippen molar-refractivity contribution in [2.24, 2.45) is 5.92 Å². The van der Waals surface area contributed by atoms with Gasteiger partial charge in [0.1, 0.15) is 0 Å². The Bertz CT molecular complexity index is 2040. The molecule has 3 N–H and O–H groups in total. The van der Waals surface area contributed by atoms with E-state index in [0.717, 1.165) is 6.42 Å². The molecule has 49 heavy (non-hydrogen) atoms. The number of aliphatic hydroxyl groups is 1. The number of benzene rings is 3. The molecule has 3 aliphatic heterocycles. The van der Waals surface area contributed by atoms with Gasteiger partial charge in [0.25, 0.3) is 17.2 Å². The Hall–Kier alpha value is -4.63. The number of ether oxygens (including phenoxy) is 1. The summed E-state index contributed by atoms with van der Waals surface area (Å²) in [7, 11) is -3.11. The van der Waals surface area contributed by atoms with Crippen molar-refractivity contribution in [3.63, 3.8) is 0 Å². The lowest BCUT2D eigenvalue weighted by molar-refractivity contribution is -0.385. The normalized spacial score (nSPS) is 25.1. The van der Waals surface area contributed by atoms with Crippen molar-refractivity contribution < 1.29 is 29.2 Å². The van der Waals surface area contributed by atoms with Gasteiger partial charge in [-0.15, -0.1) is 0 Å². The minimum atomic E-state index is -3.11. The summed E-state index contributed by atoms with van der Waals surface area (Å²) < 4.78 is 8.19. The largest absolute Gasteiger partial charge is 0.432 e. The van der Waals surface area contributed by atoms with Crippen molar-refractivity contribution in [1.82, 2.24) is 14.7 Å². The van der Waals surface area contributed by atoms with Gasteiger partial charge in [-0.25, -0.2) is 4.68 Å². The lowest BCUT2D eigenvalue weighted by atomic mass is 9.82. The summed E-state index contributed by atoms with van der Waals surface area (Å²) in [5.74, 6) is -1.28. The van der Waals surface area contributed by atoms with Gasteiger partial charge in [-0.2, -0.15) is 0 Å². The Morgan fingerprint density at radius 2 is 1.90 bits per heavy atom. The second-order valence-corrected chi connectivity index (χ2v) is 17.9. The van der Waals surface area contributed by atoms with Crippen LogP contribution in [0.1, 0.15) is 37.3 Å². The third-order valence-corrected chi connectivity index (χ3v) is 13.1. The van der Waals surface area contributed by atoms with Gasteiger partial charge in [0.05, 0.1) is 58.9 Å². The van der Waals surface area contributed by atoms with Crippen LogP contribution in [0, 0.1) is 16.0 Å². The van der Waals surface area contributed by atoms with Crippen molar-refractivity contribution in [3.05, 3.63) is 98.3 Å². The fourth-order valence-electron chi connectivity index (χ4n) is 8.40. The van der Waals surface area contributed by atoms with Crippen LogP contribution in [0.15, 0.2) is 71.5 Å². The Kier molecular flexibility index (Phi) is 8.09. The van der Waals surface area contributed by atoms with E-state index >= 15 is 0 Å². The van der Waals surface area contributed by atoms with Crippen LogP contribution in [0.5, 0.6) is 0 Å². The van der Waals surface area contributed by atoms with Crippen LogP contribution in [-0.4, -0.2) is 74.9 Å². The van der Waals surface area contributed by atoms with E-state index in [4.69, 9.17) is 4.74 Å². The summed E-state index contributed by atoms with van der Waals surface area (Å²) in [6.07, 6.45) is 0.538. The number of carbonyl (C=O) groups excluding carboxylic acids is 2. The van der Waals surface area contributed by atoms with E-state index in [2.05, 4.69) is 5.10 Å². The van der Waals surface area contributed by atoms with Crippen LogP contribution in [-0.2, 0) is 26.5 Å². The second kappa shape index (κ2) is 12.1. The molecule has 3 aliphatic rings. The summed E-state index contributed by atoms with van der Waals surface area (Å²) in [5.41, 5.74) is 0.0775. The van der Waals surface area contributed by atoms with E-state index in [1.165, 1.54) is 21.7 Å². The Morgan fingerprint density at radius 3 is 2.61 bits per heavy atom. The molecule has 0 saturated carbocycles. The monoisotopic (exact) mass is 685 g/mol. The smallest absolute Gasteiger partial charge is 0.279 e. The number of nitro benzene ring substituents is 1. The number of aromatic amines is 1. The Morgan fingerprint density at radius 1 is 1.12 bits per heavy atom. The van der Waals surface area contributed by atoms with Crippen molar-refractivity contribution >= 4 is 42.4 Å². The molecule has 0 bridgehead atoms. The molecule has 256 valence electrons. The van der Waals surface area contributed by atoms with Gasteiger partial charge in [-0.1, -0.05) is 31.2 Å². The molecular formula is C35H39N5O8Si. The van der Waals surface area contributed by atoms with Gasteiger partial charge in [-0.3, -0.25) is 29.6 Å². The molecule has 1 spiro atoms. The standard InChI is InChI=1S/C35H39N5O8Si/c1-21-32(49(2,3)47)30(18-31(42)37-15-7-10-25(37)20-41)48-35(21)27-17-24(40(45)46)13-14-29(27)38(34(35)44)19-22-8-6-9-23(16-22)39-33(43)26-11-4-5-12-28(26)36-39/h4-6,8-9,11-14,16-17,21,25,30,32,36,41,47H,7,10,15,18-20H2,1-3H3/t21-,25+,30+,32-,35+/m1/s1. The third-order valence-electron chi connectivity index (χ3n) is 10.6. The van der Waals surface area contributed by atoms with Crippen LogP contribution in [0.4, 0.5) is 11.4 Å². The van der Waals surface area contributed by atoms with E-state index in [0.29, 0.717) is 46.4 Å². The number of aromatic nitrogens is 2. The van der Waals surface area contributed by atoms with Gasteiger partial charge in [0, 0.05) is 35.7 Å². The van der Waals surface area contributed by atoms with Crippen molar-refractivity contribution in [1.29, 1.82) is 0 Å². The molecule has 2 saturated heterocycles. The quantitative estimate of drug-likeness (QED) is 0.142. The molecule has 2 fully saturated rings. The fourth-order valence-corrected chi connectivity index (χ4v) is 11.0. The molecule has 0 radical (unpaired) electrons. The molecule has 0 unspecified atom stereocenters. The number of fused-ring (bicyclic) bond motifs is 3. The van der Waals surface area contributed by atoms with Crippen LogP contribution >= 0.6 is 0 Å². The summed E-state index contributed by atoms with van der Waals surface area (Å²) in [4.78, 5) is 67.9. The minimum absolute atomic E-state index is 0.0739. The lowest BCUT2D eigenvalue weighted by Crippen LogP contribution is -2.46. The van der Waals surface area contributed by atoms with Crippen LogP contribution in [0.2, 0.25) is 18.6 Å². The van der Waals surface area contributed by atoms with Gasteiger partial charge in [0.2, 0.25) is 5.91 Å². The molecule has 3 aromatic carbocycles. The number of hydrogen-bond acceptors (Lipinski definition) is 8. The van der Waals surface area contributed by atoms with E-state index in [1.807, 2.05) is 25.1 Å². The molecule has 2 amide bonds. The predicted molar refractivity (Wildman–Crippen MR) is 184 cm³/mol. The molecule has 0 aliphatic carbocycles. The average Bonchev–Trinajstić information content (AvgIpc) is 3.81. The van der Waals surface area contributed by atoms with Crippen molar-refractivity contribution in [3.8, 4) is 5.69 Å². The van der Waals surface area contributed by atoms with Gasteiger partial charge >= 0.3 is 0 Å². The predicted octanol–water partition coefficient (Wildman–Crippen LogP) is 3.95. The van der Waals surface area contributed by atoms with Crippen molar-refractivity contribution in [2.45, 2.75) is 69.1 Å². The molecule has 5 atom stereocenters. The van der Waals surface area contributed by atoms with Crippen LogP contribution < -0.4 is 10.5 Å². The number of H-pyrrole nitrogens is 1. The minimum Gasteiger partial charge on any atom is -0.432 e. The molecule has 14 heteroatoms. The number of nitrogens with zero attached hydrogens (tertiary/aromatic N) is 4. The van der Waals surface area contributed by atoms with E-state index in [-0.39, 0.29) is 42.8 Å². The maximum atomic E-state index is 14.8. The molecule has 4 heterocycles. The number of aliphatic hydroxyl groups excluding tert-OH is 1. The maximum absolute atomic E-state index is 14.8. The average molecular weight is 686 g/mol. The molecule has 1 aromatic heterocycles. The zero-order valence-corrected chi connectivity index (χ0v) is 28.5. The SMILES string of the molecule is C[C@@H]1[C@@H]([Si](C)(C)O)[C@H](CC(=O)N2CCC[C@H]2CO)O[C@@]12C(=O)N(Cc1cccc(-n3[nH]c4ccccc4c3=O)c1)c1ccc([N+](=O)[O-])cc12. The van der Waals surface area contributed by atoms with Crippen LogP contribution in [0.3, 0.4) is 0 Å². The second-order valence-electron chi connectivity index (χ2n) is 13.9. The van der Waals surface area contributed by atoms with Gasteiger partial charge in [-0.05, 0) is 61.8 Å². The first-order chi connectivity index (χ1) is 23.3. The highest BCUT2D eigenvalue weighted by Crippen LogP contribution is 2.60. The zero-order valence-electron chi connectivity index (χ0n) is 27.5. The maximum Gasteiger partial charge on any atom is 0.279 e. The lowest BCUT2D eigenvalue weighted by Gasteiger charge is -2.32. The number of para-hydroxylation sites is 1. The van der Waals surface area contributed by atoms with E-state index < -0.39 is 42.3 Å². The number of non-ortho nitro benzene ring substituents is 1. The van der Waals surface area contributed by atoms with E-state index in [9.17, 15) is 34.4 Å². The van der Waals surface area contributed by atoms with Crippen LogP contribution in [0.25, 0.3) is 16.6 Å². The number of nitro groups is 1. The Labute approximate surface area is 283 Å². The highest BCUT2D eigenvalue weighted by atomic mass is 28.4. The summed E-state index contributed by atoms with van der Waals surface area (Å²) >= 11 is 0. The van der Waals surface area contributed by atoms with Crippen molar-refractivity contribution in [2.75, 3.05) is 18.1 Å². The highest BCUT2D eigenvalue weighted by Gasteiger charge is 2.66. The number of anilines is 1. The molecule has 7 rings (SSSR count). The summed E-state index contributed by atoms with van der Waals surface area (Å²) in [6, 6.07) is 18.4. The van der Waals surface area contributed by atoms with Gasteiger partial charge < -0.3 is 24.4 Å². The van der Waals surface area contributed by atoms with Gasteiger partial charge in [0.15, 0.2) is 13.9 Å². The number of carbonyl (C=O) groups is 2. The number of amides is 2. The first kappa shape index (κ1) is 32.9. The first-order valence-corrected chi connectivity index (χ1v) is 19.6. The fraction of sp³-hybridized carbons (Fsp3) is 0.400. The summed E-state index contributed by atoms with van der Waals surface area (Å²) in [6.45, 7) is 5.76. The Balaban J connectivity index is 1.27. The molecular weight excluding hydrogens is 646 g/mol. The number of hydrogen-bond donors (Lipinski definition) is 3. The molecule has 13 nitrogen and oxygen atoms in total. The highest BCUT2D eigenvalue weighted by molar-refractivity contribution is 6.71. The first-order valence-electron chi connectivity index (χ1n) is 16.6. The number of nitrogens with one attached hydrogen (secondary N) is 1. The number of rotatable bonds is 8.